The molecule has 1 nitrogen and oxygen atoms in total. The fraction of sp³-hybridized carbons (Fsp3) is 0.304. The van der Waals surface area contributed by atoms with Crippen LogP contribution in [0.2, 0.25) is 11.1 Å². The summed E-state index contributed by atoms with van der Waals surface area (Å²) in [5.74, 6) is 0. The van der Waals surface area contributed by atoms with Gasteiger partial charge in [0.1, 0.15) is 0 Å². The van der Waals surface area contributed by atoms with E-state index in [9.17, 15) is 0 Å². The molecule has 0 amide bonds. The molecule has 1 aromatic heterocycles. The van der Waals surface area contributed by atoms with Gasteiger partial charge in [-0.2, -0.15) is 0 Å². The van der Waals surface area contributed by atoms with Gasteiger partial charge >= 0.3 is 0 Å². The van der Waals surface area contributed by atoms with Gasteiger partial charge in [0.2, 0.25) is 8.32 Å². The summed E-state index contributed by atoms with van der Waals surface area (Å²) in [5.41, 5.74) is 4.92. The number of halogens is 1. The van der Waals surface area contributed by atoms with Gasteiger partial charge in [0.25, 0.3) is 0 Å². The fourth-order valence-electron chi connectivity index (χ4n) is 3.85. The molecule has 27 heavy (non-hydrogen) atoms. The van der Waals surface area contributed by atoms with Crippen LogP contribution in [0.5, 0.6) is 0 Å². The third-order valence-electron chi connectivity index (χ3n) is 5.18. The number of thiophene rings is 1. The summed E-state index contributed by atoms with van der Waals surface area (Å²) in [5, 5.41) is 0. The number of benzene rings is 2. The third kappa shape index (κ3) is 4.39. The zero-order chi connectivity index (χ0) is 19.4. The molecule has 0 N–H and O–H groups in total. The Morgan fingerprint density at radius 1 is 0.889 bits per heavy atom. The van der Waals surface area contributed by atoms with E-state index in [-0.39, 0.29) is 0 Å². The largest absolute Gasteiger partial charge is 0.407 e. The molecule has 3 rings (SSSR count). The summed E-state index contributed by atoms with van der Waals surface area (Å²) in [4.78, 5) is 0. The van der Waals surface area contributed by atoms with E-state index in [0.717, 1.165) is 0 Å². The van der Waals surface area contributed by atoms with Crippen molar-refractivity contribution in [3.05, 3.63) is 75.2 Å². The zero-order valence-electron chi connectivity index (χ0n) is 16.4. The normalized spacial score (nSPS) is 12.1. The van der Waals surface area contributed by atoms with Gasteiger partial charge in [-0.3, -0.25) is 0 Å². The van der Waals surface area contributed by atoms with Gasteiger partial charge in [-0.25, -0.2) is 0 Å². The molecule has 0 saturated heterocycles. The molecule has 0 spiro atoms. The highest BCUT2D eigenvalue weighted by molar-refractivity contribution is 14.1. The summed E-state index contributed by atoms with van der Waals surface area (Å²) in [6.07, 6.45) is 0. The Morgan fingerprint density at radius 2 is 1.44 bits per heavy atom. The first-order chi connectivity index (χ1) is 12.9. The van der Waals surface area contributed by atoms with Gasteiger partial charge in [-0.05, 0) is 56.4 Å². The molecular formula is C23H27IOSSi. The van der Waals surface area contributed by atoms with E-state index in [4.69, 9.17) is 4.43 Å². The average Bonchev–Trinajstić information content (AvgIpc) is 3.05. The molecular weight excluding hydrogens is 479 g/mol. The van der Waals surface area contributed by atoms with Crippen molar-refractivity contribution < 1.29 is 4.43 Å². The second kappa shape index (κ2) is 9.03. The Labute approximate surface area is 182 Å². The highest BCUT2D eigenvalue weighted by atomic mass is 127. The molecule has 2 aromatic carbocycles. The van der Waals surface area contributed by atoms with Crippen LogP contribution in [-0.4, -0.2) is 8.32 Å². The van der Waals surface area contributed by atoms with Crippen molar-refractivity contribution in [3.63, 3.8) is 0 Å². The van der Waals surface area contributed by atoms with Crippen molar-refractivity contribution in [2.45, 2.75) is 45.4 Å². The summed E-state index contributed by atoms with van der Waals surface area (Å²) < 4.78 is 9.77. The molecule has 4 heteroatoms. The van der Waals surface area contributed by atoms with E-state index in [0.29, 0.717) is 17.7 Å². The quantitative estimate of drug-likeness (QED) is 0.243. The van der Waals surface area contributed by atoms with Crippen LogP contribution in [0.25, 0.3) is 11.1 Å². The lowest BCUT2D eigenvalue weighted by Gasteiger charge is -2.39. The molecule has 142 valence electrons. The molecule has 0 fully saturated rings. The van der Waals surface area contributed by atoms with E-state index < -0.39 is 8.32 Å². The first-order valence-corrected chi connectivity index (χ1v) is 13.4. The van der Waals surface area contributed by atoms with Gasteiger partial charge in [-0.15, -0.1) is 11.3 Å². The second-order valence-corrected chi connectivity index (χ2v) is 15.5. The smallest absolute Gasteiger partial charge is 0.240 e. The molecule has 0 radical (unpaired) electrons. The lowest BCUT2D eigenvalue weighted by atomic mass is 10.1. The van der Waals surface area contributed by atoms with Gasteiger partial charge in [0.15, 0.2) is 0 Å². The van der Waals surface area contributed by atoms with Gasteiger partial charge in [-0.1, -0.05) is 88.4 Å². The maximum Gasteiger partial charge on any atom is 0.240 e. The minimum absolute atomic E-state index is 0.498. The lowest BCUT2D eigenvalue weighted by molar-refractivity contribution is 0.283. The van der Waals surface area contributed by atoms with Crippen LogP contribution < -0.4 is 4.50 Å². The Bertz CT molecular complexity index is 851. The maximum absolute atomic E-state index is 6.95. The van der Waals surface area contributed by atoms with Crippen LogP contribution in [0.15, 0.2) is 66.7 Å². The molecule has 3 aromatic rings. The molecule has 0 bridgehead atoms. The van der Waals surface area contributed by atoms with E-state index in [1.165, 1.54) is 24.1 Å². The molecule has 0 saturated carbocycles. The van der Waals surface area contributed by atoms with E-state index >= 15 is 0 Å². The van der Waals surface area contributed by atoms with Gasteiger partial charge in [0, 0.05) is 4.50 Å². The van der Waals surface area contributed by atoms with Crippen molar-refractivity contribution in [2.75, 3.05) is 0 Å². The van der Waals surface area contributed by atoms with E-state index in [2.05, 4.69) is 117 Å². The molecule has 0 aliphatic carbocycles. The monoisotopic (exact) mass is 506 g/mol. The van der Waals surface area contributed by atoms with Crippen LogP contribution >= 0.6 is 33.9 Å². The first-order valence-electron chi connectivity index (χ1n) is 9.48. The van der Waals surface area contributed by atoms with Gasteiger partial charge in [0.05, 0.1) is 9.49 Å². The van der Waals surface area contributed by atoms with Crippen molar-refractivity contribution in [1.29, 1.82) is 0 Å². The van der Waals surface area contributed by atoms with Crippen LogP contribution in [0.3, 0.4) is 0 Å². The van der Waals surface area contributed by atoms with Crippen LogP contribution in [-0.2, 0) is 11.0 Å². The number of hydrogen-bond acceptors (Lipinski definition) is 2. The van der Waals surface area contributed by atoms with Crippen molar-refractivity contribution in [2.24, 2.45) is 0 Å². The average molecular weight is 507 g/mol. The van der Waals surface area contributed by atoms with E-state index in [1.807, 2.05) is 11.3 Å². The number of rotatable bonds is 7. The summed E-state index contributed by atoms with van der Waals surface area (Å²) in [7, 11) is -2.20. The zero-order valence-corrected chi connectivity index (χ0v) is 20.4. The summed E-state index contributed by atoms with van der Waals surface area (Å²) in [6, 6.07) is 23.7. The third-order valence-corrected chi connectivity index (χ3v) is 13.2. The van der Waals surface area contributed by atoms with Crippen molar-refractivity contribution >= 4 is 46.7 Å². The van der Waals surface area contributed by atoms with Crippen molar-refractivity contribution in [3.8, 4) is 11.1 Å². The lowest BCUT2D eigenvalue weighted by Crippen LogP contribution is -2.55. The summed E-state index contributed by atoms with van der Waals surface area (Å²) >= 11 is 4.40. The Balaban J connectivity index is 2.09. The first kappa shape index (κ1) is 20.8. The predicted molar refractivity (Wildman–Crippen MR) is 129 cm³/mol. The Kier molecular flexibility index (Phi) is 6.95. The Morgan fingerprint density at radius 3 is 2.00 bits per heavy atom. The molecule has 0 aliphatic rings. The second-order valence-electron chi connectivity index (χ2n) is 7.54. The minimum Gasteiger partial charge on any atom is -0.407 e. The van der Waals surface area contributed by atoms with Crippen LogP contribution in [0.4, 0.5) is 0 Å². The Hall–Kier alpha value is -0.953. The van der Waals surface area contributed by atoms with Crippen LogP contribution in [0.1, 0.15) is 33.3 Å². The standard InChI is InChI=1S/C23H27IOSSi/c1-17(2)27(18(3)4,25-16-19-11-7-5-8-12-19)23-21(15-22(24)26-23)20-13-9-6-10-14-20/h5-15,17-18H,16H2,1-4H3. The van der Waals surface area contributed by atoms with Crippen LogP contribution in [0, 0.1) is 2.88 Å². The summed E-state index contributed by atoms with van der Waals surface area (Å²) in [6.45, 7) is 10.1. The minimum atomic E-state index is -2.20. The fourth-order valence-corrected chi connectivity index (χ4v) is 12.9. The topological polar surface area (TPSA) is 9.23 Å². The van der Waals surface area contributed by atoms with Crippen molar-refractivity contribution in [1.82, 2.24) is 0 Å². The number of hydrogen-bond donors (Lipinski definition) is 0. The highest BCUT2D eigenvalue weighted by Crippen LogP contribution is 2.39. The molecule has 0 aliphatic heterocycles. The van der Waals surface area contributed by atoms with Gasteiger partial charge < -0.3 is 4.43 Å². The molecule has 0 atom stereocenters. The molecule has 0 unspecified atom stereocenters. The predicted octanol–water partition coefficient (Wildman–Crippen LogP) is 7.21. The SMILES string of the molecule is CC(C)[Si](OCc1ccccc1)(c1sc(I)cc1-c1ccccc1)C(C)C. The highest BCUT2D eigenvalue weighted by Gasteiger charge is 2.47. The molecule has 1 heterocycles. The van der Waals surface area contributed by atoms with E-state index in [1.54, 1.807) is 0 Å². The maximum atomic E-state index is 6.95.